The summed E-state index contributed by atoms with van der Waals surface area (Å²) in [6.07, 6.45) is 0. The minimum atomic E-state index is -10.7. The summed E-state index contributed by atoms with van der Waals surface area (Å²) < 4.78 is 80.3. The molecule has 4 heterocycles. The van der Waals surface area contributed by atoms with Crippen molar-refractivity contribution in [3.8, 4) is 68.0 Å². The fraction of sp³-hybridized carbons (Fsp3) is 0.0769. The number of fused-ring (bicyclic) bond motifs is 6. The van der Waals surface area contributed by atoms with Crippen molar-refractivity contribution < 1.29 is 61.2 Å². The van der Waals surface area contributed by atoms with Crippen LogP contribution < -0.4 is 18.9 Å². The Kier molecular flexibility index (Phi) is 13.7. The van der Waals surface area contributed by atoms with Gasteiger partial charge in [0.1, 0.15) is 23.0 Å². The summed E-state index contributed by atoms with van der Waals surface area (Å²) in [4.78, 5) is 19.9. The zero-order valence-corrected chi connectivity index (χ0v) is 38.4. The molecule has 0 radical (unpaired) electrons. The first-order chi connectivity index (χ1) is 31.9. The van der Waals surface area contributed by atoms with E-state index in [1.807, 2.05) is 121 Å². The normalized spacial score (nSPS) is 12.1. The van der Waals surface area contributed by atoms with Crippen LogP contribution >= 0.6 is 7.81 Å². The number of ether oxygens (including phenoxy) is 4. The van der Waals surface area contributed by atoms with Gasteiger partial charge >= 0.3 is 50.1 Å². The molecule has 6 aromatic carbocycles. The number of rotatable bonds is 8. The standard InChI is InChI=1S/2C26H20N2O2.Cu.F6P/c2*1-29-21-11-5-17(6-12-21)23-15-9-19-3-4-20-10-16-24(28-26(20)25(19)27-23)18-7-13-22(30-2)14-8-18;;1-7(2,3,4,5)6/h2*3-16H,1-2H3;;/q;;+1;-1. The van der Waals surface area contributed by atoms with Gasteiger partial charge in [-0.15, -0.1) is 0 Å². The molecule has 16 heteroatoms. The number of nitrogens with zero attached hydrogens (tertiary/aromatic N) is 4. The van der Waals surface area contributed by atoms with E-state index >= 15 is 0 Å². The van der Waals surface area contributed by atoms with Crippen molar-refractivity contribution in [3.63, 3.8) is 0 Å². The number of benzene rings is 6. The molecule has 68 heavy (non-hydrogen) atoms. The van der Waals surface area contributed by atoms with Crippen molar-refractivity contribution in [1.29, 1.82) is 0 Å². The number of halogens is 6. The third kappa shape index (κ3) is 12.2. The Hall–Kier alpha value is -7.31. The second-order valence-electron chi connectivity index (χ2n) is 15.1. The van der Waals surface area contributed by atoms with Gasteiger partial charge in [-0.1, -0.05) is 48.5 Å². The molecule has 350 valence electrons. The molecule has 10 rings (SSSR count). The molecule has 0 aliphatic heterocycles. The van der Waals surface area contributed by atoms with E-state index in [0.29, 0.717) is 0 Å². The van der Waals surface area contributed by atoms with E-state index in [1.165, 1.54) is 0 Å². The number of hydrogen-bond donors (Lipinski definition) is 0. The molecule has 0 unspecified atom stereocenters. The van der Waals surface area contributed by atoms with Crippen LogP contribution in [0.2, 0.25) is 0 Å². The molecule has 0 N–H and O–H groups in total. The van der Waals surface area contributed by atoms with Crippen molar-refractivity contribution in [2.45, 2.75) is 0 Å². The van der Waals surface area contributed by atoms with E-state index in [-0.39, 0.29) is 17.1 Å². The molecule has 0 amide bonds. The second-order valence-corrected chi connectivity index (χ2v) is 17.0. The number of methoxy groups -OCH3 is 4. The molecule has 8 nitrogen and oxygen atoms in total. The third-order valence-electron chi connectivity index (χ3n) is 10.6. The molecule has 0 saturated heterocycles. The van der Waals surface area contributed by atoms with Crippen LogP contribution in [0.4, 0.5) is 25.2 Å². The largest absolute Gasteiger partial charge is 1.00 e. The van der Waals surface area contributed by atoms with Crippen LogP contribution in [0.15, 0.2) is 170 Å². The maximum Gasteiger partial charge on any atom is 1.00 e. The molecule has 0 aliphatic carbocycles. The third-order valence-corrected chi connectivity index (χ3v) is 10.6. The predicted octanol–water partition coefficient (Wildman–Crippen LogP) is 15.6. The summed E-state index contributed by atoms with van der Waals surface area (Å²) in [5, 5.41) is 4.27. The summed E-state index contributed by atoms with van der Waals surface area (Å²) in [6, 6.07) is 56.7. The van der Waals surface area contributed by atoms with Crippen LogP contribution in [-0.2, 0) is 17.1 Å². The average Bonchev–Trinajstić information content (AvgIpc) is 3.35. The Morgan fingerprint density at radius 1 is 0.279 bits per heavy atom. The molecule has 0 aliphatic rings. The summed E-state index contributed by atoms with van der Waals surface area (Å²) in [7, 11) is -3.98. The van der Waals surface area contributed by atoms with Gasteiger partial charge in [-0.2, -0.15) is 0 Å². The van der Waals surface area contributed by atoms with Gasteiger partial charge in [0.2, 0.25) is 0 Å². The smallest absolute Gasteiger partial charge is 1.00 e. The zero-order chi connectivity index (χ0) is 47.4. The molecule has 4 aromatic heterocycles. The first-order valence-electron chi connectivity index (χ1n) is 20.5. The molecule has 10 aromatic rings. The molecular formula is C52H40CuF6N4O4P. The van der Waals surface area contributed by atoms with Gasteiger partial charge in [-0.25, -0.2) is 19.9 Å². The van der Waals surface area contributed by atoms with Crippen LogP contribution in [0.25, 0.3) is 88.6 Å². The summed E-state index contributed by atoms with van der Waals surface area (Å²) in [5.74, 6) is 3.32. The van der Waals surface area contributed by atoms with Crippen molar-refractivity contribution in [2.75, 3.05) is 28.4 Å². The van der Waals surface area contributed by atoms with Gasteiger partial charge in [0.15, 0.2) is 0 Å². The van der Waals surface area contributed by atoms with Crippen LogP contribution in [0.3, 0.4) is 0 Å². The summed E-state index contributed by atoms with van der Waals surface area (Å²) in [5.41, 5.74) is 11.4. The fourth-order valence-electron chi connectivity index (χ4n) is 7.23. The molecule has 0 bridgehead atoms. The number of hydrogen-bond acceptors (Lipinski definition) is 8. The van der Waals surface area contributed by atoms with Gasteiger partial charge in [-0.3, -0.25) is 0 Å². The topological polar surface area (TPSA) is 88.5 Å². The van der Waals surface area contributed by atoms with Crippen LogP contribution in [0.5, 0.6) is 23.0 Å². The Bertz CT molecular complexity index is 2950. The monoisotopic (exact) mass is 992 g/mol. The van der Waals surface area contributed by atoms with Crippen LogP contribution in [-0.4, -0.2) is 48.4 Å². The summed E-state index contributed by atoms with van der Waals surface area (Å²) in [6.45, 7) is 0. The van der Waals surface area contributed by atoms with E-state index in [0.717, 1.165) is 112 Å². The molecular weight excluding hydrogens is 953 g/mol. The van der Waals surface area contributed by atoms with E-state index in [2.05, 4.69) is 48.5 Å². The number of aromatic nitrogens is 4. The van der Waals surface area contributed by atoms with Gasteiger partial charge in [0.25, 0.3) is 0 Å². The zero-order valence-electron chi connectivity index (χ0n) is 36.6. The van der Waals surface area contributed by atoms with Gasteiger partial charge in [0.05, 0.1) is 73.3 Å². The van der Waals surface area contributed by atoms with Crippen molar-refractivity contribution in [2.24, 2.45) is 0 Å². The maximum absolute atomic E-state index is 10.7. The quantitative estimate of drug-likeness (QED) is 0.0644. The minimum absolute atomic E-state index is 0. The van der Waals surface area contributed by atoms with E-state index in [1.54, 1.807) is 28.4 Å². The van der Waals surface area contributed by atoms with Crippen LogP contribution in [0.1, 0.15) is 0 Å². The van der Waals surface area contributed by atoms with Crippen molar-refractivity contribution in [1.82, 2.24) is 19.9 Å². The second kappa shape index (κ2) is 19.1. The Morgan fingerprint density at radius 3 is 0.603 bits per heavy atom. The average molecular weight is 993 g/mol. The van der Waals surface area contributed by atoms with Crippen LogP contribution in [0, 0.1) is 0 Å². The van der Waals surface area contributed by atoms with Gasteiger partial charge in [0, 0.05) is 43.8 Å². The SMILES string of the molecule is COc1ccc(-c2ccc3ccc4ccc(-c5ccc(OC)cc5)nc4c3n2)cc1.COc1ccc(-c2ccc3ccc4ccc(-c5ccc(OC)cc5)nc4c3n2)cc1.F[P-](F)(F)(F)(F)F.[Cu+]. The first-order valence-corrected chi connectivity index (χ1v) is 22.5. The fourth-order valence-corrected chi connectivity index (χ4v) is 7.23. The maximum atomic E-state index is 9.87. The molecule has 0 saturated carbocycles. The van der Waals surface area contributed by atoms with Crippen molar-refractivity contribution >= 4 is 51.4 Å². The van der Waals surface area contributed by atoms with Gasteiger partial charge < -0.3 is 18.9 Å². The Labute approximate surface area is 397 Å². The van der Waals surface area contributed by atoms with Crippen molar-refractivity contribution in [3.05, 3.63) is 170 Å². The predicted molar refractivity (Wildman–Crippen MR) is 256 cm³/mol. The van der Waals surface area contributed by atoms with E-state index < -0.39 is 7.81 Å². The molecule has 0 fully saturated rings. The summed E-state index contributed by atoms with van der Waals surface area (Å²) >= 11 is 0. The molecule has 0 atom stereocenters. The van der Waals surface area contributed by atoms with E-state index in [9.17, 15) is 25.2 Å². The molecule has 0 spiro atoms. The number of pyridine rings is 4. The first kappa shape index (κ1) is 48.6. The minimum Gasteiger partial charge on any atom is 1.00 e. The van der Waals surface area contributed by atoms with E-state index in [4.69, 9.17) is 38.9 Å². The Balaban J connectivity index is 0.000000175. The van der Waals surface area contributed by atoms with Gasteiger partial charge in [-0.05, 0) is 121 Å². The Morgan fingerprint density at radius 2 is 0.441 bits per heavy atom.